The SMILES string of the molecule is COc1cc2c(cc1OC)NC(C(=O)N[C@@H](Cc1c[nH]c3ccccc13)C(=O)NC1CCCc3ccccc31)C2. The molecule has 2 unspecified atom stereocenters. The Morgan fingerprint density at radius 2 is 1.77 bits per heavy atom. The summed E-state index contributed by atoms with van der Waals surface area (Å²) in [6.07, 6.45) is 5.69. The lowest BCUT2D eigenvalue weighted by Gasteiger charge is -2.29. The minimum Gasteiger partial charge on any atom is -0.493 e. The zero-order chi connectivity index (χ0) is 27.6. The molecule has 2 aliphatic rings. The standard InChI is InChI=1S/C32H34N4O4/c1-39-29-16-20-14-27(34-26(20)17-30(29)40-2)31(37)36-28(15-21-18-33-24-12-6-5-11-23(21)24)32(38)35-25-13-7-9-19-8-3-4-10-22(19)25/h3-6,8,10-12,16-18,25,27-28,33-34H,7,9,13-15H2,1-2H3,(H,35,38)(H,36,37)/t25?,27?,28-/m0/s1. The van der Waals surface area contributed by atoms with Gasteiger partial charge in [0.05, 0.1) is 20.3 Å². The second kappa shape index (κ2) is 11.0. The normalized spacial score (nSPS) is 18.2. The number of methoxy groups -OCH3 is 2. The summed E-state index contributed by atoms with van der Waals surface area (Å²) in [5.74, 6) is 0.810. The van der Waals surface area contributed by atoms with Gasteiger partial charge in [-0.05, 0) is 53.6 Å². The van der Waals surface area contributed by atoms with Gasteiger partial charge < -0.3 is 30.4 Å². The molecule has 4 N–H and O–H groups in total. The van der Waals surface area contributed by atoms with Crippen LogP contribution in [0.15, 0.2) is 66.9 Å². The minimum absolute atomic E-state index is 0.0754. The molecule has 2 heterocycles. The van der Waals surface area contributed by atoms with Crippen molar-refractivity contribution < 1.29 is 19.1 Å². The summed E-state index contributed by atoms with van der Waals surface area (Å²) in [5.41, 5.74) is 6.21. The number of rotatable bonds is 8. The van der Waals surface area contributed by atoms with Crippen molar-refractivity contribution in [3.63, 3.8) is 0 Å². The van der Waals surface area contributed by atoms with E-state index in [4.69, 9.17) is 9.47 Å². The number of anilines is 1. The molecule has 40 heavy (non-hydrogen) atoms. The average Bonchev–Trinajstić information content (AvgIpc) is 3.60. The molecular formula is C32H34N4O4. The van der Waals surface area contributed by atoms with Crippen molar-refractivity contribution in [3.05, 3.63) is 89.1 Å². The van der Waals surface area contributed by atoms with Gasteiger partial charge >= 0.3 is 0 Å². The van der Waals surface area contributed by atoms with Gasteiger partial charge in [-0.1, -0.05) is 42.5 Å². The van der Waals surface area contributed by atoms with E-state index >= 15 is 0 Å². The molecule has 206 valence electrons. The molecule has 0 fully saturated rings. The van der Waals surface area contributed by atoms with Crippen molar-refractivity contribution in [2.24, 2.45) is 0 Å². The lowest BCUT2D eigenvalue weighted by molar-refractivity contribution is -0.129. The van der Waals surface area contributed by atoms with Crippen molar-refractivity contribution in [1.82, 2.24) is 15.6 Å². The van der Waals surface area contributed by atoms with Crippen molar-refractivity contribution in [1.29, 1.82) is 0 Å². The molecule has 0 spiro atoms. The topological polar surface area (TPSA) is 104 Å². The molecule has 0 bridgehead atoms. The van der Waals surface area contributed by atoms with Crippen LogP contribution < -0.4 is 25.4 Å². The van der Waals surface area contributed by atoms with Crippen molar-refractivity contribution in [3.8, 4) is 11.5 Å². The maximum Gasteiger partial charge on any atom is 0.243 e. The Hall–Kier alpha value is -4.46. The van der Waals surface area contributed by atoms with Crippen LogP contribution in [0.5, 0.6) is 11.5 Å². The van der Waals surface area contributed by atoms with Crippen LogP contribution in [0, 0.1) is 0 Å². The molecule has 6 rings (SSSR count). The first-order valence-electron chi connectivity index (χ1n) is 13.8. The van der Waals surface area contributed by atoms with Gasteiger partial charge in [0, 0.05) is 41.7 Å². The Morgan fingerprint density at radius 3 is 2.62 bits per heavy atom. The molecule has 8 nitrogen and oxygen atoms in total. The predicted octanol–water partition coefficient (Wildman–Crippen LogP) is 4.44. The van der Waals surface area contributed by atoms with E-state index in [2.05, 4.69) is 33.1 Å². The first-order chi connectivity index (χ1) is 19.5. The fraction of sp³-hybridized carbons (Fsp3) is 0.312. The molecule has 1 aliphatic carbocycles. The number of hydrogen-bond acceptors (Lipinski definition) is 5. The van der Waals surface area contributed by atoms with E-state index < -0.39 is 12.1 Å². The molecular weight excluding hydrogens is 504 g/mol. The van der Waals surface area contributed by atoms with Gasteiger partial charge in [0.1, 0.15) is 12.1 Å². The molecule has 0 saturated carbocycles. The fourth-order valence-corrected chi connectivity index (χ4v) is 6.02. The van der Waals surface area contributed by atoms with E-state index in [-0.39, 0.29) is 17.9 Å². The number of aromatic nitrogens is 1. The number of fused-ring (bicyclic) bond motifs is 3. The highest BCUT2D eigenvalue weighted by molar-refractivity contribution is 5.93. The average molecular weight is 539 g/mol. The van der Waals surface area contributed by atoms with Gasteiger partial charge in [0.15, 0.2) is 11.5 Å². The fourth-order valence-electron chi connectivity index (χ4n) is 6.02. The summed E-state index contributed by atoms with van der Waals surface area (Å²) < 4.78 is 10.9. The number of nitrogens with one attached hydrogen (secondary N) is 4. The summed E-state index contributed by atoms with van der Waals surface area (Å²) in [6.45, 7) is 0. The number of H-pyrrole nitrogens is 1. The highest BCUT2D eigenvalue weighted by Gasteiger charge is 2.33. The molecule has 3 atom stereocenters. The number of benzene rings is 3. The van der Waals surface area contributed by atoms with Gasteiger partial charge in [-0.3, -0.25) is 9.59 Å². The van der Waals surface area contributed by atoms with Crippen LogP contribution in [0.4, 0.5) is 5.69 Å². The highest BCUT2D eigenvalue weighted by Crippen LogP contribution is 2.37. The van der Waals surface area contributed by atoms with Gasteiger partial charge in [-0.25, -0.2) is 0 Å². The second-order valence-electron chi connectivity index (χ2n) is 10.5. The zero-order valence-corrected chi connectivity index (χ0v) is 22.8. The maximum absolute atomic E-state index is 13.8. The number of aromatic amines is 1. The van der Waals surface area contributed by atoms with Gasteiger partial charge in [0.25, 0.3) is 0 Å². The summed E-state index contributed by atoms with van der Waals surface area (Å²) in [7, 11) is 3.18. The monoisotopic (exact) mass is 538 g/mol. The number of amides is 2. The van der Waals surface area contributed by atoms with Gasteiger partial charge in [-0.15, -0.1) is 0 Å². The number of carbonyl (C=O) groups excluding carboxylic acids is 2. The number of hydrogen-bond donors (Lipinski definition) is 4. The molecule has 8 heteroatoms. The van der Waals surface area contributed by atoms with E-state index in [1.807, 2.05) is 54.7 Å². The second-order valence-corrected chi connectivity index (χ2v) is 10.5. The third-order valence-electron chi connectivity index (χ3n) is 8.10. The molecule has 1 aromatic heterocycles. The van der Waals surface area contributed by atoms with E-state index in [1.165, 1.54) is 5.56 Å². The predicted molar refractivity (Wildman–Crippen MR) is 155 cm³/mol. The van der Waals surface area contributed by atoms with Gasteiger partial charge in [-0.2, -0.15) is 0 Å². The zero-order valence-electron chi connectivity index (χ0n) is 22.8. The van der Waals surface area contributed by atoms with E-state index in [1.54, 1.807) is 14.2 Å². The number of aryl methyl sites for hydroxylation is 1. The first-order valence-corrected chi connectivity index (χ1v) is 13.8. The van der Waals surface area contributed by atoms with Crippen molar-refractivity contribution in [2.45, 2.75) is 50.2 Å². The Bertz CT molecular complexity index is 1530. The molecule has 2 amide bonds. The molecule has 0 radical (unpaired) electrons. The van der Waals surface area contributed by atoms with E-state index in [9.17, 15) is 9.59 Å². The van der Waals surface area contributed by atoms with E-state index in [0.717, 1.165) is 52.5 Å². The third kappa shape index (κ3) is 4.97. The van der Waals surface area contributed by atoms with Crippen LogP contribution in [-0.2, 0) is 28.9 Å². The summed E-state index contributed by atoms with van der Waals surface area (Å²) >= 11 is 0. The smallest absolute Gasteiger partial charge is 0.243 e. The minimum atomic E-state index is -0.740. The quantitative estimate of drug-likeness (QED) is 0.266. The summed E-state index contributed by atoms with van der Waals surface area (Å²) in [4.78, 5) is 30.7. The summed E-state index contributed by atoms with van der Waals surface area (Å²) in [5, 5.41) is 10.7. The van der Waals surface area contributed by atoms with Crippen LogP contribution in [0.25, 0.3) is 10.9 Å². The van der Waals surface area contributed by atoms with Crippen LogP contribution in [0.2, 0.25) is 0 Å². The maximum atomic E-state index is 13.8. The van der Waals surface area contributed by atoms with Gasteiger partial charge in [0.2, 0.25) is 11.8 Å². The van der Waals surface area contributed by atoms with E-state index in [0.29, 0.717) is 24.3 Å². The summed E-state index contributed by atoms with van der Waals surface area (Å²) in [6, 6.07) is 18.7. The molecule has 1 aliphatic heterocycles. The number of para-hydroxylation sites is 1. The van der Waals surface area contributed by atoms with Crippen LogP contribution in [0.1, 0.15) is 41.1 Å². The van der Waals surface area contributed by atoms with Crippen molar-refractivity contribution >= 4 is 28.4 Å². The molecule has 4 aromatic rings. The van der Waals surface area contributed by atoms with Crippen molar-refractivity contribution in [2.75, 3.05) is 19.5 Å². The lowest BCUT2D eigenvalue weighted by Crippen LogP contribution is -2.52. The Morgan fingerprint density at radius 1 is 1.00 bits per heavy atom. The van der Waals surface area contributed by atoms with Crippen LogP contribution >= 0.6 is 0 Å². The third-order valence-corrected chi connectivity index (χ3v) is 8.10. The Balaban J connectivity index is 1.23. The highest BCUT2D eigenvalue weighted by atomic mass is 16.5. The lowest BCUT2D eigenvalue weighted by atomic mass is 9.87. The van der Waals surface area contributed by atoms with Crippen LogP contribution in [-0.4, -0.2) is 43.1 Å². The molecule has 0 saturated heterocycles. The number of carbonyl (C=O) groups is 2. The largest absolute Gasteiger partial charge is 0.493 e. The number of ether oxygens (including phenoxy) is 2. The Labute approximate surface area is 233 Å². The first kappa shape index (κ1) is 25.8. The Kier molecular flexibility index (Phi) is 7.07. The molecule has 3 aromatic carbocycles. The van der Waals surface area contributed by atoms with Crippen LogP contribution in [0.3, 0.4) is 0 Å².